The number of benzene rings is 2. The molecule has 0 radical (unpaired) electrons. The molecular formula is C23H22N6OS. The van der Waals surface area contributed by atoms with Gasteiger partial charge in [0.05, 0.1) is 25.0 Å². The van der Waals surface area contributed by atoms with Gasteiger partial charge in [0, 0.05) is 24.5 Å². The largest absolute Gasteiger partial charge is 0.374 e. The van der Waals surface area contributed by atoms with Crippen LogP contribution in [0.15, 0.2) is 82.9 Å². The predicted octanol–water partition coefficient (Wildman–Crippen LogP) is 5.46. The van der Waals surface area contributed by atoms with Gasteiger partial charge < -0.3 is 10.2 Å². The fourth-order valence-electron chi connectivity index (χ4n) is 3.28. The molecule has 8 heteroatoms. The molecule has 2 heterocycles. The van der Waals surface area contributed by atoms with Crippen LogP contribution >= 0.6 is 11.3 Å². The summed E-state index contributed by atoms with van der Waals surface area (Å²) in [4.78, 5) is 14.9. The summed E-state index contributed by atoms with van der Waals surface area (Å²) >= 11 is 1.61. The minimum absolute atomic E-state index is 0.0693. The molecule has 7 nitrogen and oxygen atoms in total. The molecule has 0 aliphatic heterocycles. The minimum Gasteiger partial charge on any atom is -0.374 e. The van der Waals surface area contributed by atoms with Gasteiger partial charge in [-0.3, -0.25) is 9.48 Å². The zero-order chi connectivity index (χ0) is 21.6. The minimum atomic E-state index is -0.0693. The second kappa shape index (κ2) is 9.36. The summed E-state index contributed by atoms with van der Waals surface area (Å²) in [7, 11) is 1.89. The molecule has 0 fully saturated rings. The van der Waals surface area contributed by atoms with Gasteiger partial charge >= 0.3 is 0 Å². The Kier molecular flexibility index (Phi) is 6.18. The molecule has 0 aliphatic rings. The molecule has 0 aliphatic carbocycles. The van der Waals surface area contributed by atoms with Crippen LogP contribution in [-0.2, 0) is 18.4 Å². The Morgan fingerprint density at radius 3 is 2.65 bits per heavy atom. The molecule has 2 aromatic carbocycles. The Morgan fingerprint density at radius 2 is 1.97 bits per heavy atom. The van der Waals surface area contributed by atoms with Crippen molar-refractivity contribution in [2.24, 2.45) is 12.2 Å². The van der Waals surface area contributed by atoms with E-state index in [-0.39, 0.29) is 12.5 Å². The first-order chi connectivity index (χ1) is 15.1. The van der Waals surface area contributed by atoms with Gasteiger partial charge in [-0.1, -0.05) is 24.3 Å². The Morgan fingerprint density at radius 1 is 1.16 bits per heavy atom. The van der Waals surface area contributed by atoms with Crippen LogP contribution in [0.4, 0.5) is 17.1 Å². The van der Waals surface area contributed by atoms with Gasteiger partial charge in [-0.25, -0.2) is 5.53 Å². The number of para-hydroxylation sites is 2. The second-order valence-corrected chi connectivity index (χ2v) is 7.82. The molecule has 0 saturated heterocycles. The SMILES string of the molecule is Cn1cc(-c2ccc(N(Cc3ccsc3)C(=O)CNc3ccccc3N=N)cc2)cn1. The van der Waals surface area contributed by atoms with Crippen molar-refractivity contribution in [1.82, 2.24) is 9.78 Å². The Hall–Kier alpha value is -3.78. The lowest BCUT2D eigenvalue weighted by atomic mass is 10.1. The molecule has 0 atom stereocenters. The van der Waals surface area contributed by atoms with Crippen molar-refractivity contribution in [3.05, 3.63) is 83.3 Å². The van der Waals surface area contributed by atoms with E-state index in [1.807, 2.05) is 78.7 Å². The molecule has 0 unspecified atom stereocenters. The lowest BCUT2D eigenvalue weighted by Gasteiger charge is -2.23. The number of aryl methyl sites for hydroxylation is 1. The lowest BCUT2D eigenvalue weighted by molar-refractivity contribution is -0.117. The number of anilines is 2. The fraction of sp³-hybridized carbons (Fsp3) is 0.130. The van der Waals surface area contributed by atoms with Crippen molar-refractivity contribution in [2.45, 2.75) is 6.54 Å². The van der Waals surface area contributed by atoms with E-state index in [9.17, 15) is 4.79 Å². The maximum atomic E-state index is 13.2. The molecule has 0 spiro atoms. The van der Waals surface area contributed by atoms with Crippen LogP contribution in [0.2, 0.25) is 0 Å². The van der Waals surface area contributed by atoms with E-state index in [4.69, 9.17) is 5.53 Å². The number of nitrogens with one attached hydrogen (secondary N) is 2. The third-order valence-electron chi connectivity index (χ3n) is 4.89. The van der Waals surface area contributed by atoms with Gasteiger partial charge in [-0.05, 0) is 52.2 Å². The smallest absolute Gasteiger partial charge is 0.246 e. The van der Waals surface area contributed by atoms with E-state index in [1.165, 1.54) is 0 Å². The molecule has 156 valence electrons. The van der Waals surface area contributed by atoms with E-state index < -0.39 is 0 Å². The van der Waals surface area contributed by atoms with E-state index >= 15 is 0 Å². The highest BCUT2D eigenvalue weighted by molar-refractivity contribution is 7.07. The second-order valence-electron chi connectivity index (χ2n) is 7.04. The van der Waals surface area contributed by atoms with E-state index in [0.29, 0.717) is 17.9 Å². The highest BCUT2D eigenvalue weighted by Gasteiger charge is 2.17. The highest BCUT2D eigenvalue weighted by Crippen LogP contribution is 2.26. The third kappa shape index (κ3) is 4.87. The number of aromatic nitrogens is 2. The van der Waals surface area contributed by atoms with Crippen LogP contribution in [0, 0.1) is 5.53 Å². The fourth-order valence-corrected chi connectivity index (χ4v) is 3.94. The van der Waals surface area contributed by atoms with Crippen molar-refractivity contribution < 1.29 is 4.79 Å². The summed E-state index contributed by atoms with van der Waals surface area (Å²) in [5.41, 5.74) is 12.4. The summed E-state index contributed by atoms with van der Waals surface area (Å²) in [6.07, 6.45) is 3.78. The van der Waals surface area contributed by atoms with Crippen molar-refractivity contribution in [1.29, 1.82) is 5.53 Å². The number of hydrogen-bond acceptors (Lipinski definition) is 6. The third-order valence-corrected chi connectivity index (χ3v) is 5.63. The molecule has 2 aromatic heterocycles. The molecule has 0 saturated carbocycles. The van der Waals surface area contributed by atoms with Gasteiger partial charge in [-0.2, -0.15) is 21.5 Å². The maximum Gasteiger partial charge on any atom is 0.246 e. The Balaban J connectivity index is 1.55. The number of nitrogens with zero attached hydrogens (tertiary/aromatic N) is 4. The normalized spacial score (nSPS) is 10.6. The van der Waals surface area contributed by atoms with Gasteiger partial charge in [0.15, 0.2) is 0 Å². The molecule has 0 bridgehead atoms. The van der Waals surface area contributed by atoms with Crippen molar-refractivity contribution in [3.63, 3.8) is 0 Å². The maximum absolute atomic E-state index is 13.2. The van der Waals surface area contributed by atoms with Crippen molar-refractivity contribution in [3.8, 4) is 11.1 Å². The first kappa shape index (κ1) is 20.5. The number of thiophene rings is 1. The monoisotopic (exact) mass is 430 g/mol. The summed E-state index contributed by atoms with van der Waals surface area (Å²) in [5.74, 6) is -0.0693. The van der Waals surface area contributed by atoms with E-state index in [2.05, 4.69) is 15.5 Å². The van der Waals surface area contributed by atoms with Gasteiger partial charge in [0.2, 0.25) is 5.91 Å². The Bertz CT molecular complexity index is 1170. The lowest BCUT2D eigenvalue weighted by Crippen LogP contribution is -2.35. The topological polar surface area (TPSA) is 86.4 Å². The van der Waals surface area contributed by atoms with Gasteiger partial charge in [-0.15, -0.1) is 0 Å². The van der Waals surface area contributed by atoms with Gasteiger partial charge in [0.25, 0.3) is 0 Å². The first-order valence-corrected chi connectivity index (χ1v) is 10.7. The van der Waals surface area contributed by atoms with Crippen LogP contribution < -0.4 is 10.2 Å². The average Bonchev–Trinajstić information content (AvgIpc) is 3.48. The summed E-state index contributed by atoms with van der Waals surface area (Å²) < 4.78 is 1.77. The number of carbonyl (C=O) groups excluding carboxylic acids is 1. The zero-order valence-electron chi connectivity index (χ0n) is 17.0. The molecule has 4 aromatic rings. The summed E-state index contributed by atoms with van der Waals surface area (Å²) in [5, 5.41) is 14.9. The van der Waals surface area contributed by atoms with Crippen LogP contribution in [0.5, 0.6) is 0 Å². The quantitative estimate of drug-likeness (QED) is 0.364. The van der Waals surface area contributed by atoms with Gasteiger partial charge in [0.1, 0.15) is 5.69 Å². The molecule has 2 N–H and O–H groups in total. The van der Waals surface area contributed by atoms with Crippen LogP contribution in [0.1, 0.15) is 5.56 Å². The molecular weight excluding hydrogens is 408 g/mol. The predicted molar refractivity (Wildman–Crippen MR) is 124 cm³/mol. The number of hydrogen-bond donors (Lipinski definition) is 2. The Labute approximate surface area is 184 Å². The van der Waals surface area contributed by atoms with Crippen molar-refractivity contribution >= 4 is 34.3 Å². The van der Waals surface area contributed by atoms with E-state index in [1.54, 1.807) is 27.0 Å². The van der Waals surface area contributed by atoms with Crippen LogP contribution in [0.25, 0.3) is 11.1 Å². The van der Waals surface area contributed by atoms with Crippen molar-refractivity contribution in [2.75, 3.05) is 16.8 Å². The standard InChI is InChI=1S/C23H22N6OS/c1-28-15-19(12-26-28)18-6-8-20(9-7-18)29(14-17-10-11-31-16-17)23(30)13-25-21-4-2-3-5-22(21)27-24/h2-12,15-16,24-25H,13-14H2,1H3. The number of rotatable bonds is 8. The molecule has 31 heavy (non-hydrogen) atoms. The van der Waals surface area contributed by atoms with Crippen LogP contribution in [-0.4, -0.2) is 22.2 Å². The highest BCUT2D eigenvalue weighted by atomic mass is 32.1. The summed E-state index contributed by atoms with van der Waals surface area (Å²) in [6.45, 7) is 0.585. The average molecular weight is 431 g/mol. The number of amides is 1. The summed E-state index contributed by atoms with van der Waals surface area (Å²) in [6, 6.07) is 17.2. The number of carbonyl (C=O) groups is 1. The first-order valence-electron chi connectivity index (χ1n) is 9.75. The molecule has 1 amide bonds. The van der Waals surface area contributed by atoms with E-state index in [0.717, 1.165) is 22.4 Å². The van der Waals surface area contributed by atoms with Crippen LogP contribution in [0.3, 0.4) is 0 Å². The zero-order valence-corrected chi connectivity index (χ0v) is 17.8. The molecule has 4 rings (SSSR count).